The van der Waals surface area contributed by atoms with Gasteiger partial charge in [0.1, 0.15) is 5.01 Å². The Kier molecular flexibility index (Phi) is 3.97. The molecule has 2 aliphatic rings. The molecule has 3 nitrogen and oxygen atoms in total. The van der Waals surface area contributed by atoms with E-state index in [2.05, 4.69) is 22.6 Å². The van der Waals surface area contributed by atoms with Gasteiger partial charge in [0, 0.05) is 30.6 Å². The van der Waals surface area contributed by atoms with E-state index in [-0.39, 0.29) is 0 Å². The number of hydrogen-bond acceptors (Lipinski definition) is 4. The summed E-state index contributed by atoms with van der Waals surface area (Å²) >= 11 is 1.80. The van der Waals surface area contributed by atoms with Crippen LogP contribution in [-0.2, 0) is 13.1 Å². The normalized spacial score (nSPS) is 21.0. The highest BCUT2D eigenvalue weighted by Gasteiger charge is 2.21. The number of thiazole rings is 1. The van der Waals surface area contributed by atoms with Crippen LogP contribution >= 0.6 is 11.3 Å². The summed E-state index contributed by atoms with van der Waals surface area (Å²) in [7, 11) is 2.25. The molecule has 0 radical (unpaired) electrons. The maximum atomic E-state index is 4.74. The Hall–Kier alpha value is -0.450. The minimum absolute atomic E-state index is 0.776. The number of rotatable bonds is 6. The van der Waals surface area contributed by atoms with Crippen LogP contribution in [0.3, 0.4) is 0 Å². The van der Waals surface area contributed by atoms with E-state index in [4.69, 9.17) is 4.98 Å². The summed E-state index contributed by atoms with van der Waals surface area (Å²) in [5, 5.41) is 7.01. The van der Waals surface area contributed by atoms with Gasteiger partial charge in [0.05, 0.1) is 5.69 Å². The van der Waals surface area contributed by atoms with Gasteiger partial charge in [-0.1, -0.05) is 12.8 Å². The van der Waals surface area contributed by atoms with Crippen LogP contribution in [0.1, 0.15) is 49.2 Å². The third-order valence-corrected chi connectivity index (χ3v) is 4.98. The molecule has 0 atom stereocenters. The lowest BCUT2D eigenvalue weighted by Gasteiger charge is -2.22. The van der Waals surface area contributed by atoms with E-state index in [1.54, 1.807) is 11.3 Å². The molecule has 0 aliphatic heterocycles. The average Bonchev–Trinajstić information content (AvgIpc) is 2.88. The van der Waals surface area contributed by atoms with Crippen LogP contribution in [0.2, 0.25) is 0 Å². The molecule has 0 unspecified atom stereocenters. The van der Waals surface area contributed by atoms with Gasteiger partial charge in [-0.25, -0.2) is 4.98 Å². The third-order valence-electron chi connectivity index (χ3n) is 4.08. The third kappa shape index (κ3) is 3.31. The Bertz CT molecular complexity index is 380. The van der Waals surface area contributed by atoms with E-state index < -0.39 is 0 Å². The van der Waals surface area contributed by atoms with Crippen molar-refractivity contribution < 1.29 is 0 Å². The molecule has 1 N–H and O–H groups in total. The molecular formula is C14H23N3S. The molecule has 1 aromatic heterocycles. The SMILES string of the molecule is CN(Cc1csc(CNC2CC2)n1)C1CCCC1. The molecule has 0 spiro atoms. The van der Waals surface area contributed by atoms with Crippen molar-refractivity contribution >= 4 is 11.3 Å². The van der Waals surface area contributed by atoms with Crippen molar-refractivity contribution in [3.8, 4) is 0 Å². The van der Waals surface area contributed by atoms with Gasteiger partial charge < -0.3 is 5.32 Å². The van der Waals surface area contributed by atoms with Gasteiger partial charge in [0.25, 0.3) is 0 Å². The van der Waals surface area contributed by atoms with Crippen LogP contribution < -0.4 is 5.32 Å². The second kappa shape index (κ2) is 5.68. The zero-order valence-corrected chi connectivity index (χ0v) is 12.0. The minimum atomic E-state index is 0.776. The molecule has 1 aromatic rings. The maximum Gasteiger partial charge on any atom is 0.107 e. The molecule has 100 valence electrons. The Labute approximate surface area is 114 Å². The van der Waals surface area contributed by atoms with Crippen molar-refractivity contribution in [1.82, 2.24) is 15.2 Å². The number of hydrogen-bond donors (Lipinski definition) is 1. The van der Waals surface area contributed by atoms with Gasteiger partial charge in [-0.3, -0.25) is 4.90 Å². The van der Waals surface area contributed by atoms with E-state index in [0.717, 1.165) is 25.2 Å². The Morgan fingerprint density at radius 2 is 2.11 bits per heavy atom. The molecule has 3 rings (SSSR count). The summed E-state index contributed by atoms with van der Waals surface area (Å²) in [6.45, 7) is 1.98. The van der Waals surface area contributed by atoms with E-state index in [1.165, 1.54) is 49.2 Å². The molecule has 1 heterocycles. The lowest BCUT2D eigenvalue weighted by molar-refractivity contribution is 0.235. The van der Waals surface area contributed by atoms with Gasteiger partial charge in [-0.15, -0.1) is 11.3 Å². The minimum Gasteiger partial charge on any atom is -0.308 e. The highest BCUT2D eigenvalue weighted by Crippen LogP contribution is 2.24. The highest BCUT2D eigenvalue weighted by atomic mass is 32.1. The van der Waals surface area contributed by atoms with Crippen molar-refractivity contribution in [3.63, 3.8) is 0 Å². The lowest BCUT2D eigenvalue weighted by atomic mass is 10.2. The fraction of sp³-hybridized carbons (Fsp3) is 0.786. The predicted molar refractivity (Wildman–Crippen MR) is 75.7 cm³/mol. The van der Waals surface area contributed by atoms with Gasteiger partial charge >= 0.3 is 0 Å². The first kappa shape index (κ1) is 12.6. The van der Waals surface area contributed by atoms with Crippen molar-refractivity contribution in [2.45, 2.75) is 63.7 Å². The van der Waals surface area contributed by atoms with Gasteiger partial charge in [-0.2, -0.15) is 0 Å². The Balaban J connectivity index is 1.48. The van der Waals surface area contributed by atoms with E-state index in [9.17, 15) is 0 Å². The van der Waals surface area contributed by atoms with Crippen LogP contribution in [0.25, 0.3) is 0 Å². The first-order chi connectivity index (χ1) is 8.81. The van der Waals surface area contributed by atoms with Crippen LogP contribution in [0.4, 0.5) is 0 Å². The molecule has 2 fully saturated rings. The second-order valence-electron chi connectivity index (χ2n) is 5.74. The first-order valence-corrected chi connectivity index (χ1v) is 8.06. The number of aromatic nitrogens is 1. The van der Waals surface area contributed by atoms with Crippen LogP contribution in [0.5, 0.6) is 0 Å². The zero-order chi connectivity index (χ0) is 12.4. The van der Waals surface area contributed by atoms with Gasteiger partial charge in [0.2, 0.25) is 0 Å². The molecule has 0 aromatic carbocycles. The first-order valence-electron chi connectivity index (χ1n) is 7.18. The average molecular weight is 265 g/mol. The second-order valence-corrected chi connectivity index (χ2v) is 6.68. The molecule has 2 aliphatic carbocycles. The van der Waals surface area contributed by atoms with Crippen LogP contribution in [0, 0.1) is 0 Å². The molecule has 0 saturated heterocycles. The summed E-state index contributed by atoms with van der Waals surface area (Å²) in [5.41, 5.74) is 1.25. The Morgan fingerprint density at radius 3 is 2.83 bits per heavy atom. The summed E-state index contributed by atoms with van der Waals surface area (Å²) < 4.78 is 0. The summed E-state index contributed by atoms with van der Waals surface area (Å²) in [4.78, 5) is 7.22. The molecule has 4 heteroatoms. The van der Waals surface area contributed by atoms with Gasteiger partial charge in [0.15, 0.2) is 0 Å². The monoisotopic (exact) mass is 265 g/mol. The predicted octanol–water partition coefficient (Wildman–Crippen LogP) is 2.77. The van der Waals surface area contributed by atoms with Crippen LogP contribution in [0.15, 0.2) is 5.38 Å². The van der Waals surface area contributed by atoms with Crippen molar-refractivity contribution in [1.29, 1.82) is 0 Å². The van der Waals surface area contributed by atoms with Crippen molar-refractivity contribution in [2.75, 3.05) is 7.05 Å². The highest BCUT2D eigenvalue weighted by molar-refractivity contribution is 7.09. The van der Waals surface area contributed by atoms with E-state index >= 15 is 0 Å². The van der Waals surface area contributed by atoms with Crippen LogP contribution in [-0.4, -0.2) is 29.0 Å². The van der Waals surface area contributed by atoms with Crippen molar-refractivity contribution in [3.05, 3.63) is 16.1 Å². The summed E-state index contributed by atoms with van der Waals surface area (Å²) in [6.07, 6.45) is 8.25. The number of nitrogens with one attached hydrogen (secondary N) is 1. The Morgan fingerprint density at radius 1 is 1.33 bits per heavy atom. The fourth-order valence-corrected chi connectivity index (χ4v) is 3.49. The summed E-state index contributed by atoms with van der Waals surface area (Å²) in [5.74, 6) is 0. The van der Waals surface area contributed by atoms with Gasteiger partial charge in [-0.05, 0) is 32.7 Å². The van der Waals surface area contributed by atoms with E-state index in [1.807, 2.05) is 0 Å². The smallest absolute Gasteiger partial charge is 0.107 e. The fourth-order valence-electron chi connectivity index (χ4n) is 2.75. The summed E-state index contributed by atoms with van der Waals surface area (Å²) in [6, 6.07) is 1.57. The maximum absolute atomic E-state index is 4.74. The molecule has 18 heavy (non-hydrogen) atoms. The molecule has 2 saturated carbocycles. The quantitative estimate of drug-likeness (QED) is 0.857. The molecular weight excluding hydrogens is 242 g/mol. The molecule has 0 bridgehead atoms. The number of nitrogens with zero attached hydrogens (tertiary/aromatic N) is 2. The van der Waals surface area contributed by atoms with E-state index in [0.29, 0.717) is 0 Å². The largest absolute Gasteiger partial charge is 0.308 e. The van der Waals surface area contributed by atoms with Crippen molar-refractivity contribution in [2.24, 2.45) is 0 Å². The standard InChI is InChI=1S/C14H23N3S/c1-17(13-4-2-3-5-13)9-12-10-18-14(16-12)8-15-11-6-7-11/h10-11,13,15H,2-9H2,1H3. The molecule has 0 amide bonds. The topological polar surface area (TPSA) is 28.2 Å². The zero-order valence-electron chi connectivity index (χ0n) is 11.2. The lowest BCUT2D eigenvalue weighted by Crippen LogP contribution is -2.28.